The first kappa shape index (κ1) is 15.9. The van der Waals surface area contributed by atoms with Crippen molar-refractivity contribution in [3.63, 3.8) is 0 Å². The third-order valence-electron chi connectivity index (χ3n) is 3.11. The van der Waals surface area contributed by atoms with Crippen LogP contribution in [0.25, 0.3) is 0 Å². The maximum absolute atomic E-state index is 12.1. The molecule has 1 saturated heterocycles. The quantitative estimate of drug-likeness (QED) is 0.338. The monoisotopic (exact) mass is 272 g/mol. The number of hydrogen-bond acceptors (Lipinski definition) is 5. The van der Waals surface area contributed by atoms with E-state index in [1.165, 1.54) is 0 Å². The molecule has 1 heterocycles. The van der Waals surface area contributed by atoms with E-state index in [1.54, 1.807) is 0 Å². The van der Waals surface area contributed by atoms with E-state index >= 15 is 0 Å². The lowest BCUT2D eigenvalue weighted by molar-refractivity contribution is -0.136. The highest BCUT2D eigenvalue weighted by molar-refractivity contribution is 5.82. The van der Waals surface area contributed by atoms with E-state index in [0.717, 1.165) is 0 Å². The minimum Gasteiger partial charge on any atom is -0.378 e. The first-order chi connectivity index (χ1) is 8.95. The van der Waals surface area contributed by atoms with E-state index in [9.17, 15) is 9.59 Å². The Balaban J connectivity index is 2.66. The van der Waals surface area contributed by atoms with Crippen LogP contribution in [-0.4, -0.2) is 54.6 Å². The Labute approximate surface area is 113 Å². The highest BCUT2D eigenvalue weighted by Crippen LogP contribution is 2.14. The molecule has 1 aliphatic heterocycles. The average Bonchev–Trinajstić information content (AvgIpc) is 2.37. The average molecular weight is 272 g/mol. The molecular weight excluding hydrogens is 248 g/mol. The molecule has 4 N–H and O–H groups in total. The van der Waals surface area contributed by atoms with Crippen molar-refractivity contribution >= 4 is 11.8 Å². The Hall–Kier alpha value is -1.18. The lowest BCUT2D eigenvalue weighted by atomic mass is 10.1. The van der Waals surface area contributed by atoms with Gasteiger partial charge in [0.25, 0.3) is 0 Å². The van der Waals surface area contributed by atoms with Gasteiger partial charge in [-0.25, -0.2) is 5.84 Å². The van der Waals surface area contributed by atoms with Gasteiger partial charge in [0, 0.05) is 25.0 Å². The first-order valence-corrected chi connectivity index (χ1v) is 6.59. The Morgan fingerprint density at radius 3 is 2.68 bits per heavy atom. The Bertz CT molecular complexity index is 322. The highest BCUT2D eigenvalue weighted by Gasteiger charge is 2.33. The second kappa shape index (κ2) is 7.42. The highest BCUT2D eigenvalue weighted by atomic mass is 16.5. The summed E-state index contributed by atoms with van der Waals surface area (Å²) in [5.41, 5.74) is 2.11. The molecule has 0 aromatic heterocycles. The Morgan fingerprint density at radius 2 is 2.11 bits per heavy atom. The van der Waals surface area contributed by atoms with Crippen molar-refractivity contribution in [1.82, 2.24) is 15.6 Å². The van der Waals surface area contributed by atoms with Crippen molar-refractivity contribution in [2.45, 2.75) is 45.3 Å². The number of nitrogens with zero attached hydrogens (tertiary/aromatic N) is 1. The summed E-state index contributed by atoms with van der Waals surface area (Å²) < 4.78 is 5.37. The molecule has 0 aromatic rings. The zero-order valence-electron chi connectivity index (χ0n) is 11.8. The lowest BCUT2D eigenvalue weighted by Gasteiger charge is -2.38. The predicted molar refractivity (Wildman–Crippen MR) is 71.0 cm³/mol. The number of nitrogens with two attached hydrogens (primary N) is 1. The number of hydrazine groups is 1. The molecule has 0 radical (unpaired) electrons. The molecule has 2 amide bonds. The predicted octanol–water partition coefficient (Wildman–Crippen LogP) is -1.02. The fourth-order valence-corrected chi connectivity index (χ4v) is 2.20. The maximum Gasteiger partial charge on any atom is 0.239 e. The zero-order chi connectivity index (χ0) is 14.4. The van der Waals surface area contributed by atoms with Gasteiger partial charge in [0.05, 0.1) is 13.2 Å². The molecule has 2 atom stereocenters. The van der Waals surface area contributed by atoms with E-state index in [2.05, 4.69) is 10.7 Å². The van der Waals surface area contributed by atoms with Gasteiger partial charge in [-0.3, -0.25) is 19.9 Å². The van der Waals surface area contributed by atoms with E-state index < -0.39 is 0 Å². The summed E-state index contributed by atoms with van der Waals surface area (Å²) in [6.45, 7) is 7.30. The molecule has 0 saturated carbocycles. The molecule has 0 aromatic carbocycles. The van der Waals surface area contributed by atoms with Crippen LogP contribution in [-0.2, 0) is 14.3 Å². The summed E-state index contributed by atoms with van der Waals surface area (Å²) in [5.74, 6) is 4.79. The number of nitrogens with one attached hydrogen (secondary N) is 2. The number of hydrogen-bond donors (Lipinski definition) is 3. The summed E-state index contributed by atoms with van der Waals surface area (Å²) in [7, 11) is 0. The molecule has 19 heavy (non-hydrogen) atoms. The van der Waals surface area contributed by atoms with Crippen LogP contribution in [0, 0.1) is 0 Å². The van der Waals surface area contributed by atoms with Gasteiger partial charge in [-0.2, -0.15) is 0 Å². The molecule has 0 bridgehead atoms. The molecule has 7 nitrogen and oxygen atoms in total. The maximum atomic E-state index is 12.1. The van der Waals surface area contributed by atoms with Crippen molar-refractivity contribution in [1.29, 1.82) is 0 Å². The second-order valence-corrected chi connectivity index (χ2v) is 5.11. The van der Waals surface area contributed by atoms with Gasteiger partial charge in [0.2, 0.25) is 11.8 Å². The van der Waals surface area contributed by atoms with Crippen molar-refractivity contribution in [3.05, 3.63) is 0 Å². The fraction of sp³-hybridized carbons (Fsp3) is 0.833. The SMILES string of the molecule is CC(C)NC(=O)C1COCCN1C(C)CC(=O)NN. The summed E-state index contributed by atoms with van der Waals surface area (Å²) in [6.07, 6.45) is 0.266. The molecule has 2 unspecified atom stereocenters. The van der Waals surface area contributed by atoms with E-state index in [0.29, 0.717) is 19.8 Å². The van der Waals surface area contributed by atoms with Crippen LogP contribution < -0.4 is 16.6 Å². The van der Waals surface area contributed by atoms with Gasteiger partial charge in [0.1, 0.15) is 6.04 Å². The van der Waals surface area contributed by atoms with E-state index in [1.807, 2.05) is 25.7 Å². The van der Waals surface area contributed by atoms with Crippen LogP contribution in [0.4, 0.5) is 0 Å². The largest absolute Gasteiger partial charge is 0.378 e. The van der Waals surface area contributed by atoms with E-state index in [-0.39, 0.29) is 36.4 Å². The summed E-state index contributed by atoms with van der Waals surface area (Å²) >= 11 is 0. The van der Waals surface area contributed by atoms with Crippen LogP contribution in [0.1, 0.15) is 27.2 Å². The number of amides is 2. The van der Waals surface area contributed by atoms with Crippen LogP contribution in [0.2, 0.25) is 0 Å². The number of rotatable bonds is 5. The summed E-state index contributed by atoms with van der Waals surface area (Å²) in [5, 5.41) is 2.88. The van der Waals surface area contributed by atoms with Crippen LogP contribution in [0.3, 0.4) is 0 Å². The third kappa shape index (κ3) is 4.77. The van der Waals surface area contributed by atoms with Crippen LogP contribution in [0.15, 0.2) is 0 Å². The van der Waals surface area contributed by atoms with Crippen molar-refractivity contribution in [2.24, 2.45) is 5.84 Å². The smallest absolute Gasteiger partial charge is 0.239 e. The summed E-state index contributed by atoms with van der Waals surface area (Å²) in [6, 6.07) is -0.328. The van der Waals surface area contributed by atoms with Gasteiger partial charge in [-0.1, -0.05) is 0 Å². The molecule has 110 valence electrons. The van der Waals surface area contributed by atoms with Gasteiger partial charge in [0.15, 0.2) is 0 Å². The second-order valence-electron chi connectivity index (χ2n) is 5.11. The van der Waals surface area contributed by atoms with Gasteiger partial charge < -0.3 is 10.1 Å². The molecule has 1 aliphatic rings. The number of carbonyl (C=O) groups excluding carboxylic acids is 2. The minimum absolute atomic E-state index is 0.0598. The van der Waals surface area contributed by atoms with Gasteiger partial charge in [-0.05, 0) is 20.8 Å². The van der Waals surface area contributed by atoms with Crippen molar-refractivity contribution in [2.75, 3.05) is 19.8 Å². The molecule has 7 heteroatoms. The lowest BCUT2D eigenvalue weighted by Crippen LogP contribution is -2.58. The minimum atomic E-state index is -0.350. The molecule has 0 aliphatic carbocycles. The first-order valence-electron chi connectivity index (χ1n) is 6.59. The number of morpholine rings is 1. The van der Waals surface area contributed by atoms with E-state index in [4.69, 9.17) is 10.6 Å². The number of ether oxygens (including phenoxy) is 1. The standard InChI is InChI=1S/C12H24N4O3/c1-8(2)14-12(18)10-7-19-5-4-16(10)9(3)6-11(17)15-13/h8-10H,4-7,13H2,1-3H3,(H,14,18)(H,15,17). The van der Waals surface area contributed by atoms with Crippen LogP contribution in [0.5, 0.6) is 0 Å². The zero-order valence-corrected chi connectivity index (χ0v) is 11.8. The summed E-state index contributed by atoms with van der Waals surface area (Å²) in [4.78, 5) is 25.4. The fourth-order valence-electron chi connectivity index (χ4n) is 2.20. The molecule has 1 rings (SSSR count). The van der Waals surface area contributed by atoms with Crippen LogP contribution >= 0.6 is 0 Å². The van der Waals surface area contributed by atoms with Gasteiger partial charge >= 0.3 is 0 Å². The Morgan fingerprint density at radius 1 is 1.42 bits per heavy atom. The molecule has 0 spiro atoms. The van der Waals surface area contributed by atoms with Crippen molar-refractivity contribution in [3.8, 4) is 0 Å². The normalized spacial score (nSPS) is 22.1. The Kier molecular flexibility index (Phi) is 6.20. The molecular formula is C12H24N4O3. The topological polar surface area (TPSA) is 96.7 Å². The molecule has 1 fully saturated rings. The van der Waals surface area contributed by atoms with Gasteiger partial charge in [-0.15, -0.1) is 0 Å². The number of carbonyl (C=O) groups is 2. The third-order valence-corrected chi connectivity index (χ3v) is 3.11. The van der Waals surface area contributed by atoms with Crippen molar-refractivity contribution < 1.29 is 14.3 Å².